The molecule has 0 fully saturated rings. The summed E-state index contributed by atoms with van der Waals surface area (Å²) in [6.45, 7) is 15.4. The lowest BCUT2D eigenvalue weighted by atomic mass is 9.94. The molecule has 1 aromatic carbocycles. The molecule has 0 saturated carbocycles. The van der Waals surface area contributed by atoms with Crippen LogP contribution in [0.1, 0.15) is 66.4 Å². The quantitative estimate of drug-likeness (QED) is 0.139. The van der Waals surface area contributed by atoms with Crippen LogP contribution in [0.15, 0.2) is 66.3 Å². The van der Waals surface area contributed by atoms with Gasteiger partial charge in [-0.05, 0) is 49.4 Å². The smallest absolute Gasteiger partial charge is 0.129 e. The zero-order valence-corrected chi connectivity index (χ0v) is 25.9. The number of benzene rings is 1. The Bertz CT molecular complexity index is 969. The predicted octanol–water partition coefficient (Wildman–Crippen LogP) is 5.34. The Labute approximate surface area is 246 Å². The first-order valence-corrected chi connectivity index (χ1v) is 14.5. The van der Waals surface area contributed by atoms with Crippen LogP contribution < -0.4 is 37.6 Å². The van der Waals surface area contributed by atoms with Crippen molar-refractivity contribution in [3.05, 3.63) is 81.9 Å². The van der Waals surface area contributed by atoms with E-state index in [9.17, 15) is 0 Å². The Morgan fingerprint density at radius 1 is 1.08 bits per heavy atom. The monoisotopic (exact) mass is 578 g/mol. The molecule has 0 aliphatic carbocycles. The largest absolute Gasteiger partial charge is 0.371 e. The van der Waals surface area contributed by atoms with Gasteiger partial charge in [0.2, 0.25) is 0 Å². The average molecular weight is 580 g/mol. The van der Waals surface area contributed by atoms with Crippen molar-refractivity contribution in [2.45, 2.75) is 79.4 Å². The van der Waals surface area contributed by atoms with Crippen molar-refractivity contribution in [1.29, 1.82) is 5.26 Å². The Balaban J connectivity index is 0.00000225. The molecule has 3 rings (SSSR count). The third-order valence-corrected chi connectivity index (χ3v) is 5.79. The van der Waals surface area contributed by atoms with Crippen molar-refractivity contribution in [3.8, 4) is 6.07 Å². The first-order valence-electron chi connectivity index (χ1n) is 13.8. The second-order valence-electron chi connectivity index (χ2n) is 7.83. The molecule has 218 valence electrons. The normalized spacial score (nSPS) is 18.5. The van der Waals surface area contributed by atoms with E-state index in [-0.39, 0.29) is 18.2 Å². The highest BCUT2D eigenvalue weighted by atomic mass is 35.5. The van der Waals surface area contributed by atoms with E-state index in [1.54, 1.807) is 18.3 Å². The van der Waals surface area contributed by atoms with Crippen LogP contribution in [-0.2, 0) is 0 Å². The molecule has 0 amide bonds. The fourth-order valence-corrected chi connectivity index (χ4v) is 4.09. The Kier molecular flexibility index (Phi) is 20.7. The first-order chi connectivity index (χ1) is 18.9. The zero-order valence-electron chi connectivity index (χ0n) is 24.4. The van der Waals surface area contributed by atoms with Gasteiger partial charge in [-0.3, -0.25) is 16.4 Å². The lowest BCUT2D eigenvalue weighted by Crippen LogP contribution is -2.50. The van der Waals surface area contributed by atoms with Gasteiger partial charge in [-0.2, -0.15) is 5.26 Å². The van der Waals surface area contributed by atoms with Crippen LogP contribution in [0.5, 0.6) is 0 Å². The van der Waals surface area contributed by atoms with E-state index in [0.717, 1.165) is 17.7 Å². The number of nitrogens with zero attached hydrogens (tertiary/aromatic N) is 1. The number of halogens is 2. The topological polar surface area (TPSA) is 122 Å². The highest BCUT2D eigenvalue weighted by Crippen LogP contribution is 2.31. The Morgan fingerprint density at radius 3 is 2.36 bits per heavy atom. The number of nitrogens with one attached hydrogen (secondary N) is 6. The standard InChI is InChI=1S/C23H30Cl2N8.3C2H6/c1-15-13-31-22(33-15)10-17(19-4-3-18(24)11-20(19)25)6-7-29-23(27)30-9-8-28-21-5-2-16(12-26)14-32-21;3*1-2/h2-7,11,13-14,17,21-23,28-33H,8-10,27H2,1H3;3*1-2H3/b7-6-;;;. The minimum absolute atomic E-state index is 0.00575. The van der Waals surface area contributed by atoms with Crippen LogP contribution >= 0.6 is 23.2 Å². The summed E-state index contributed by atoms with van der Waals surface area (Å²) >= 11 is 12.6. The Morgan fingerprint density at radius 2 is 1.79 bits per heavy atom. The highest BCUT2D eigenvalue weighted by molar-refractivity contribution is 6.35. The maximum absolute atomic E-state index is 8.84. The van der Waals surface area contributed by atoms with Crippen molar-refractivity contribution in [2.24, 2.45) is 5.73 Å². The fourth-order valence-electron chi connectivity index (χ4n) is 3.55. The van der Waals surface area contributed by atoms with Crippen molar-refractivity contribution < 1.29 is 0 Å². The van der Waals surface area contributed by atoms with E-state index in [4.69, 9.17) is 34.2 Å². The van der Waals surface area contributed by atoms with Crippen LogP contribution in [0.2, 0.25) is 10.0 Å². The second kappa shape index (κ2) is 22.2. The van der Waals surface area contributed by atoms with Gasteiger partial charge in [0.05, 0.1) is 17.9 Å². The maximum atomic E-state index is 8.84. The summed E-state index contributed by atoms with van der Waals surface area (Å²) in [5.41, 5.74) is 8.84. The van der Waals surface area contributed by atoms with Crippen LogP contribution in [-0.4, -0.2) is 31.7 Å². The molecule has 4 unspecified atom stereocenters. The number of hydrogen-bond donors (Lipinski definition) is 7. The van der Waals surface area contributed by atoms with E-state index in [2.05, 4.69) is 44.0 Å². The third kappa shape index (κ3) is 14.3. The van der Waals surface area contributed by atoms with Crippen LogP contribution in [0.3, 0.4) is 0 Å². The average Bonchev–Trinajstić information content (AvgIpc) is 3.38. The second-order valence-corrected chi connectivity index (χ2v) is 8.67. The SMILES string of the molecule is CC.CC.CC.CC1=CNC(CC(/C=C\NC(N)NCCNC2C=CC(C#N)=CN2)c2ccc(Cl)cc2Cl)N1. The fraction of sp³-hybridized carbons (Fsp3) is 0.483. The number of nitrogens with two attached hydrogens (primary N) is 1. The van der Waals surface area contributed by atoms with E-state index in [1.165, 1.54) is 0 Å². The van der Waals surface area contributed by atoms with Crippen molar-refractivity contribution in [3.63, 3.8) is 0 Å². The van der Waals surface area contributed by atoms with Crippen molar-refractivity contribution in [2.75, 3.05) is 13.1 Å². The van der Waals surface area contributed by atoms with Gasteiger partial charge in [-0.1, -0.05) is 76.9 Å². The summed E-state index contributed by atoms with van der Waals surface area (Å²) in [4.78, 5) is 0. The lowest BCUT2D eigenvalue weighted by Gasteiger charge is -2.22. The molecule has 0 saturated heterocycles. The summed E-state index contributed by atoms with van der Waals surface area (Å²) in [7, 11) is 0. The van der Waals surface area contributed by atoms with Crippen molar-refractivity contribution in [1.82, 2.24) is 31.9 Å². The Hall–Kier alpha value is -2.67. The zero-order chi connectivity index (χ0) is 29.6. The minimum Gasteiger partial charge on any atom is -0.371 e. The molecule has 8 nitrogen and oxygen atoms in total. The van der Waals surface area contributed by atoms with Gasteiger partial charge in [-0.15, -0.1) is 0 Å². The molecular formula is C29H48Cl2N8. The summed E-state index contributed by atoms with van der Waals surface area (Å²) in [5.74, 6) is 0.0518. The molecule has 1 aromatic rings. The van der Waals surface area contributed by atoms with Gasteiger partial charge in [-0.25, -0.2) is 0 Å². The van der Waals surface area contributed by atoms with Crippen LogP contribution in [0.4, 0.5) is 0 Å². The number of dihydropyridines is 1. The maximum Gasteiger partial charge on any atom is 0.129 e. The molecule has 2 aliphatic rings. The predicted molar refractivity (Wildman–Crippen MR) is 168 cm³/mol. The molecule has 10 heteroatoms. The number of allylic oxidation sites excluding steroid dienone is 4. The van der Waals surface area contributed by atoms with Crippen molar-refractivity contribution >= 4 is 23.2 Å². The number of hydrogen-bond acceptors (Lipinski definition) is 8. The molecule has 0 aromatic heterocycles. The molecule has 2 heterocycles. The van der Waals surface area contributed by atoms with Crippen LogP contribution in [0, 0.1) is 11.3 Å². The van der Waals surface area contributed by atoms with Gasteiger partial charge in [0, 0.05) is 47.1 Å². The molecule has 0 spiro atoms. The molecule has 39 heavy (non-hydrogen) atoms. The molecule has 2 aliphatic heterocycles. The van der Waals surface area contributed by atoms with Crippen LogP contribution in [0.25, 0.3) is 0 Å². The summed E-state index contributed by atoms with van der Waals surface area (Å²) in [6, 6.07) is 7.66. The summed E-state index contributed by atoms with van der Waals surface area (Å²) in [6.07, 6.45) is 11.8. The lowest BCUT2D eigenvalue weighted by molar-refractivity contribution is 0.456. The van der Waals surface area contributed by atoms with E-state index >= 15 is 0 Å². The summed E-state index contributed by atoms with van der Waals surface area (Å²) < 4.78 is 0. The third-order valence-electron chi connectivity index (χ3n) is 5.23. The molecule has 0 radical (unpaired) electrons. The highest BCUT2D eigenvalue weighted by Gasteiger charge is 2.20. The van der Waals surface area contributed by atoms with Gasteiger partial charge >= 0.3 is 0 Å². The molecular weight excluding hydrogens is 531 g/mol. The van der Waals surface area contributed by atoms with E-state index in [0.29, 0.717) is 28.7 Å². The van der Waals surface area contributed by atoms with E-state index in [1.807, 2.05) is 79.1 Å². The molecule has 8 N–H and O–H groups in total. The van der Waals surface area contributed by atoms with Gasteiger partial charge < -0.3 is 21.3 Å². The number of nitriles is 1. The minimum atomic E-state index is -0.407. The summed E-state index contributed by atoms with van der Waals surface area (Å²) in [5, 5.41) is 29.6. The van der Waals surface area contributed by atoms with Gasteiger partial charge in [0.1, 0.15) is 12.4 Å². The van der Waals surface area contributed by atoms with Gasteiger partial charge in [0.15, 0.2) is 0 Å². The van der Waals surface area contributed by atoms with E-state index < -0.39 is 6.29 Å². The van der Waals surface area contributed by atoms with Gasteiger partial charge in [0.25, 0.3) is 0 Å². The molecule has 4 atom stereocenters. The first kappa shape index (κ1) is 36.3. The molecule has 0 bridgehead atoms. The number of rotatable bonds is 11.